The molecule has 1 N–H and O–H groups in total. The maximum Gasteiger partial charge on any atom is 0.223 e. The fraction of sp³-hybridized carbons (Fsp3) is 0.409. The van der Waals surface area contributed by atoms with Crippen LogP contribution in [0.15, 0.2) is 36.5 Å². The van der Waals surface area contributed by atoms with Gasteiger partial charge in [0.1, 0.15) is 11.3 Å². The van der Waals surface area contributed by atoms with E-state index in [0.717, 1.165) is 54.9 Å². The van der Waals surface area contributed by atoms with E-state index < -0.39 is 0 Å². The number of aromatic nitrogens is 3. The van der Waals surface area contributed by atoms with Gasteiger partial charge in [0.05, 0.1) is 5.69 Å². The van der Waals surface area contributed by atoms with Crippen molar-refractivity contribution in [2.75, 3.05) is 18.0 Å². The normalized spacial score (nSPS) is 15.1. The van der Waals surface area contributed by atoms with E-state index in [0.29, 0.717) is 5.56 Å². The molecule has 0 bridgehead atoms. The summed E-state index contributed by atoms with van der Waals surface area (Å²) in [7, 11) is 0. The van der Waals surface area contributed by atoms with Gasteiger partial charge in [-0.25, -0.2) is 9.37 Å². The molecular weight excluding hydrogens is 369 g/mol. The van der Waals surface area contributed by atoms with Gasteiger partial charge in [-0.15, -0.1) is 0 Å². The standard InChI is InChI=1S/C22H26FN5O/c1-3-28-20-18(15(2)26-28)8-11-24-21(20)27-12-9-16(10-13-27)22(29)25-14-17-6-4-5-7-19(17)23/h4-8,11,16H,3,9-10,12-14H2,1-2H3,(H,25,29). The number of aryl methyl sites for hydroxylation is 2. The first-order valence-electron chi connectivity index (χ1n) is 10.2. The minimum absolute atomic E-state index is 0.00600. The highest BCUT2D eigenvalue weighted by Gasteiger charge is 2.27. The van der Waals surface area contributed by atoms with Crippen molar-refractivity contribution in [3.05, 3.63) is 53.6 Å². The number of carbonyl (C=O) groups is 1. The smallest absolute Gasteiger partial charge is 0.223 e. The Bertz CT molecular complexity index is 1020. The summed E-state index contributed by atoms with van der Waals surface area (Å²) in [6.07, 6.45) is 3.33. The molecule has 3 heterocycles. The molecule has 0 saturated carbocycles. The molecule has 0 aliphatic carbocycles. The average molecular weight is 395 g/mol. The van der Waals surface area contributed by atoms with Gasteiger partial charge in [-0.3, -0.25) is 9.48 Å². The van der Waals surface area contributed by atoms with Gasteiger partial charge in [0, 0.05) is 49.2 Å². The summed E-state index contributed by atoms with van der Waals surface area (Å²) >= 11 is 0. The van der Waals surface area contributed by atoms with Crippen LogP contribution < -0.4 is 10.2 Å². The van der Waals surface area contributed by atoms with Gasteiger partial charge in [0.25, 0.3) is 0 Å². The highest BCUT2D eigenvalue weighted by Crippen LogP contribution is 2.30. The number of hydrogen-bond donors (Lipinski definition) is 1. The predicted octanol–water partition coefficient (Wildman–Crippen LogP) is 3.43. The van der Waals surface area contributed by atoms with E-state index in [1.807, 2.05) is 23.9 Å². The largest absolute Gasteiger partial charge is 0.355 e. The molecule has 1 saturated heterocycles. The Kier molecular flexibility index (Phi) is 5.47. The Morgan fingerprint density at radius 1 is 1.24 bits per heavy atom. The summed E-state index contributed by atoms with van der Waals surface area (Å²) < 4.78 is 15.7. The van der Waals surface area contributed by atoms with Crippen LogP contribution in [0.1, 0.15) is 31.0 Å². The van der Waals surface area contributed by atoms with E-state index in [4.69, 9.17) is 0 Å². The molecule has 0 atom stereocenters. The number of fused-ring (bicyclic) bond motifs is 1. The molecular formula is C22H26FN5O. The van der Waals surface area contributed by atoms with Crippen LogP contribution in [0.3, 0.4) is 0 Å². The molecule has 2 aromatic heterocycles. The summed E-state index contributed by atoms with van der Waals surface area (Å²) in [4.78, 5) is 19.4. The number of anilines is 1. The minimum atomic E-state index is -0.287. The van der Waals surface area contributed by atoms with Crippen molar-refractivity contribution in [2.24, 2.45) is 5.92 Å². The number of pyridine rings is 1. The molecule has 1 aromatic carbocycles. The molecule has 1 amide bonds. The van der Waals surface area contributed by atoms with Crippen LogP contribution in [-0.4, -0.2) is 33.8 Å². The van der Waals surface area contributed by atoms with E-state index in [2.05, 4.69) is 27.2 Å². The Morgan fingerprint density at radius 3 is 2.72 bits per heavy atom. The molecule has 1 aliphatic rings. The highest BCUT2D eigenvalue weighted by molar-refractivity contribution is 5.91. The first kappa shape index (κ1) is 19.4. The van der Waals surface area contributed by atoms with Crippen molar-refractivity contribution in [2.45, 2.75) is 39.8 Å². The molecule has 29 heavy (non-hydrogen) atoms. The van der Waals surface area contributed by atoms with Crippen LogP contribution in [0.2, 0.25) is 0 Å². The monoisotopic (exact) mass is 395 g/mol. The lowest BCUT2D eigenvalue weighted by Gasteiger charge is -2.32. The lowest BCUT2D eigenvalue weighted by Crippen LogP contribution is -2.41. The maximum absolute atomic E-state index is 13.7. The Hall–Kier alpha value is -2.96. The number of piperidine rings is 1. The minimum Gasteiger partial charge on any atom is -0.355 e. The molecule has 1 aliphatic heterocycles. The number of halogens is 1. The highest BCUT2D eigenvalue weighted by atomic mass is 19.1. The Morgan fingerprint density at radius 2 is 2.00 bits per heavy atom. The molecule has 0 unspecified atom stereocenters. The van der Waals surface area contributed by atoms with Gasteiger partial charge in [0.15, 0.2) is 5.82 Å². The Balaban J connectivity index is 1.41. The SMILES string of the molecule is CCn1nc(C)c2ccnc(N3CCC(C(=O)NCc4ccccc4F)CC3)c21. The zero-order valence-corrected chi connectivity index (χ0v) is 16.9. The Labute approximate surface area is 169 Å². The van der Waals surface area contributed by atoms with E-state index in [1.165, 1.54) is 6.07 Å². The number of nitrogens with one attached hydrogen (secondary N) is 1. The van der Waals surface area contributed by atoms with E-state index in [1.54, 1.807) is 18.2 Å². The lowest BCUT2D eigenvalue weighted by molar-refractivity contribution is -0.125. The lowest BCUT2D eigenvalue weighted by atomic mass is 9.95. The van der Waals surface area contributed by atoms with Gasteiger partial charge in [-0.05, 0) is 38.8 Å². The van der Waals surface area contributed by atoms with Crippen LogP contribution in [0.4, 0.5) is 10.2 Å². The van der Waals surface area contributed by atoms with Crippen LogP contribution in [-0.2, 0) is 17.9 Å². The summed E-state index contributed by atoms with van der Waals surface area (Å²) in [6.45, 7) is 6.63. The molecule has 1 fully saturated rings. The zero-order valence-electron chi connectivity index (χ0n) is 16.9. The number of carbonyl (C=O) groups excluding carboxylic acids is 1. The fourth-order valence-electron chi connectivity index (χ4n) is 4.06. The zero-order chi connectivity index (χ0) is 20.4. The number of benzene rings is 1. The van der Waals surface area contributed by atoms with Gasteiger partial charge in [-0.2, -0.15) is 5.10 Å². The van der Waals surface area contributed by atoms with Gasteiger partial charge in [-0.1, -0.05) is 18.2 Å². The maximum atomic E-state index is 13.7. The first-order chi connectivity index (χ1) is 14.1. The van der Waals surface area contributed by atoms with Gasteiger partial charge in [0.2, 0.25) is 5.91 Å². The quantitative estimate of drug-likeness (QED) is 0.719. The van der Waals surface area contributed by atoms with Crippen molar-refractivity contribution in [3.8, 4) is 0 Å². The van der Waals surface area contributed by atoms with Crippen molar-refractivity contribution in [1.29, 1.82) is 0 Å². The van der Waals surface area contributed by atoms with Crippen LogP contribution in [0.5, 0.6) is 0 Å². The molecule has 7 heteroatoms. The summed E-state index contributed by atoms with van der Waals surface area (Å²) in [5, 5.41) is 8.64. The van der Waals surface area contributed by atoms with Crippen molar-refractivity contribution < 1.29 is 9.18 Å². The third kappa shape index (κ3) is 3.81. The average Bonchev–Trinajstić information content (AvgIpc) is 3.09. The van der Waals surface area contributed by atoms with Crippen molar-refractivity contribution >= 4 is 22.6 Å². The summed E-state index contributed by atoms with van der Waals surface area (Å²) in [6, 6.07) is 8.55. The molecule has 4 rings (SSSR count). The van der Waals surface area contributed by atoms with E-state index in [9.17, 15) is 9.18 Å². The number of amides is 1. The molecule has 6 nitrogen and oxygen atoms in total. The second kappa shape index (κ2) is 8.19. The van der Waals surface area contributed by atoms with E-state index >= 15 is 0 Å². The predicted molar refractivity (Wildman–Crippen MR) is 111 cm³/mol. The van der Waals surface area contributed by atoms with Crippen LogP contribution >= 0.6 is 0 Å². The second-order valence-electron chi connectivity index (χ2n) is 7.50. The number of nitrogens with zero attached hydrogens (tertiary/aromatic N) is 4. The second-order valence-corrected chi connectivity index (χ2v) is 7.50. The van der Waals surface area contributed by atoms with Crippen LogP contribution in [0.25, 0.3) is 10.9 Å². The first-order valence-corrected chi connectivity index (χ1v) is 10.2. The summed E-state index contributed by atoms with van der Waals surface area (Å²) in [5.74, 6) is 0.586. The third-order valence-corrected chi connectivity index (χ3v) is 5.70. The van der Waals surface area contributed by atoms with E-state index in [-0.39, 0.29) is 24.2 Å². The summed E-state index contributed by atoms with van der Waals surface area (Å²) in [5.41, 5.74) is 2.58. The van der Waals surface area contributed by atoms with Gasteiger partial charge < -0.3 is 10.2 Å². The topological polar surface area (TPSA) is 63.1 Å². The molecule has 3 aromatic rings. The van der Waals surface area contributed by atoms with Crippen LogP contribution in [0, 0.1) is 18.7 Å². The molecule has 0 spiro atoms. The number of rotatable bonds is 5. The fourth-order valence-corrected chi connectivity index (χ4v) is 4.06. The van der Waals surface area contributed by atoms with Crippen molar-refractivity contribution in [1.82, 2.24) is 20.1 Å². The number of hydrogen-bond acceptors (Lipinski definition) is 4. The molecule has 0 radical (unpaired) electrons. The molecule has 152 valence electrons. The third-order valence-electron chi connectivity index (χ3n) is 5.70. The van der Waals surface area contributed by atoms with Gasteiger partial charge >= 0.3 is 0 Å². The van der Waals surface area contributed by atoms with Crippen molar-refractivity contribution in [3.63, 3.8) is 0 Å².